The van der Waals surface area contributed by atoms with Crippen molar-refractivity contribution in [3.8, 4) is 28.8 Å². The fraction of sp³-hybridized carbons (Fsp3) is 0.633. The van der Waals surface area contributed by atoms with Crippen molar-refractivity contribution in [1.29, 1.82) is 0 Å². The van der Waals surface area contributed by atoms with Crippen molar-refractivity contribution in [3.05, 3.63) is 29.7 Å². The minimum absolute atomic E-state index is 0.292. The smallest absolute Gasteiger partial charge is 0.217 e. The summed E-state index contributed by atoms with van der Waals surface area (Å²) < 4.78 is 19.8. The molecule has 4 aliphatic rings. The number of carbonyl (C=O) groups excluding carboxylic acids is 1. The average molecular weight is 547 g/mol. The molecule has 3 aromatic heterocycles. The zero-order valence-corrected chi connectivity index (χ0v) is 23.3. The van der Waals surface area contributed by atoms with Crippen LogP contribution in [0.2, 0.25) is 0 Å². The fourth-order valence-electron chi connectivity index (χ4n) is 7.07. The first-order valence-corrected chi connectivity index (χ1v) is 15.0. The van der Waals surface area contributed by atoms with Crippen molar-refractivity contribution in [2.45, 2.75) is 82.2 Å². The molecule has 0 unspecified atom stereocenters. The molecule has 3 aromatic rings. The van der Waals surface area contributed by atoms with Gasteiger partial charge in [-0.1, -0.05) is 11.6 Å². The number of fused-ring (bicyclic) bond motifs is 2. The maximum atomic E-state index is 13.2. The average Bonchev–Trinajstić information content (AvgIpc) is 3.78. The van der Waals surface area contributed by atoms with Crippen LogP contribution < -0.4 is 4.74 Å². The Balaban J connectivity index is 1.24. The van der Waals surface area contributed by atoms with Gasteiger partial charge in [0.05, 0.1) is 17.7 Å². The number of likely N-dealkylation sites (N-methyl/N-ethyl adjacent to an activating group) is 1. The molecule has 5 heterocycles. The molecule has 2 aliphatic carbocycles. The van der Waals surface area contributed by atoms with Gasteiger partial charge < -0.3 is 18.9 Å². The van der Waals surface area contributed by atoms with Gasteiger partial charge in [0.25, 0.3) is 0 Å². The van der Waals surface area contributed by atoms with Crippen molar-refractivity contribution in [2.75, 3.05) is 33.4 Å². The van der Waals surface area contributed by atoms with Crippen LogP contribution in [0.15, 0.2) is 22.9 Å². The zero-order chi connectivity index (χ0) is 27.1. The summed E-state index contributed by atoms with van der Waals surface area (Å²) >= 11 is 0. The lowest BCUT2D eigenvalue weighted by Gasteiger charge is -2.36. The highest BCUT2D eigenvalue weighted by Gasteiger charge is 2.48. The third-order valence-electron chi connectivity index (χ3n) is 9.43. The van der Waals surface area contributed by atoms with Gasteiger partial charge in [0.2, 0.25) is 5.88 Å². The van der Waals surface area contributed by atoms with E-state index >= 15 is 0 Å². The number of Topliss-reactive ketones (excluding diaryl/α,β-unsaturated/α-hetero) is 1. The molecule has 1 saturated carbocycles. The highest BCUT2D eigenvalue weighted by Crippen LogP contribution is 2.47. The predicted molar refractivity (Wildman–Crippen MR) is 147 cm³/mol. The Morgan fingerprint density at radius 3 is 2.85 bits per heavy atom. The number of nitrogens with zero attached hydrogens (tertiary/aromatic N) is 6. The Morgan fingerprint density at radius 2 is 2.02 bits per heavy atom. The van der Waals surface area contributed by atoms with E-state index < -0.39 is 5.41 Å². The van der Waals surface area contributed by atoms with Gasteiger partial charge in [-0.05, 0) is 71.0 Å². The van der Waals surface area contributed by atoms with Crippen LogP contribution in [0.4, 0.5) is 0 Å². The summed E-state index contributed by atoms with van der Waals surface area (Å²) in [5, 5.41) is 9.34. The molecule has 2 aliphatic heterocycles. The highest BCUT2D eigenvalue weighted by atomic mass is 16.5. The number of rotatable bonds is 7. The first kappa shape index (κ1) is 25.8. The molecular weight excluding hydrogens is 508 g/mol. The van der Waals surface area contributed by atoms with Crippen molar-refractivity contribution in [2.24, 2.45) is 5.92 Å². The molecule has 2 saturated heterocycles. The fourth-order valence-corrected chi connectivity index (χ4v) is 7.07. The van der Waals surface area contributed by atoms with Gasteiger partial charge in [0.1, 0.15) is 18.1 Å². The van der Waals surface area contributed by atoms with E-state index in [1.165, 1.54) is 6.42 Å². The monoisotopic (exact) mass is 546 g/mol. The largest absolute Gasteiger partial charge is 0.476 e. The van der Waals surface area contributed by atoms with E-state index in [0.29, 0.717) is 53.9 Å². The molecule has 10 heteroatoms. The zero-order valence-electron chi connectivity index (χ0n) is 23.3. The summed E-state index contributed by atoms with van der Waals surface area (Å²) in [4.78, 5) is 25.3. The molecule has 10 nitrogen and oxygen atoms in total. The molecule has 0 N–H and O–H groups in total. The molecule has 3 atom stereocenters. The maximum Gasteiger partial charge on any atom is 0.217 e. The maximum absolute atomic E-state index is 13.2. The van der Waals surface area contributed by atoms with Gasteiger partial charge >= 0.3 is 0 Å². The van der Waals surface area contributed by atoms with E-state index in [2.05, 4.69) is 17.1 Å². The second kappa shape index (κ2) is 10.7. The van der Waals surface area contributed by atoms with Crippen LogP contribution in [0.5, 0.6) is 5.88 Å². The number of ketones is 1. The van der Waals surface area contributed by atoms with Gasteiger partial charge in [0.15, 0.2) is 17.3 Å². The van der Waals surface area contributed by atoms with Crippen molar-refractivity contribution >= 4 is 5.78 Å². The van der Waals surface area contributed by atoms with E-state index in [-0.39, 0.29) is 0 Å². The number of hydrogen-bond acceptors (Lipinski definition) is 9. The Morgan fingerprint density at radius 1 is 1.10 bits per heavy atom. The summed E-state index contributed by atoms with van der Waals surface area (Å²) in [5.74, 6) is 2.49. The Hall–Kier alpha value is -3.11. The van der Waals surface area contributed by atoms with Gasteiger partial charge in [-0.15, -0.1) is 0 Å². The summed E-state index contributed by atoms with van der Waals surface area (Å²) in [6.07, 6.45) is 11.4. The van der Waals surface area contributed by atoms with Crippen LogP contribution in [0.3, 0.4) is 0 Å². The normalized spacial score (nSPS) is 27.0. The molecule has 40 heavy (non-hydrogen) atoms. The third-order valence-corrected chi connectivity index (χ3v) is 9.43. The Bertz CT molecular complexity index is 1380. The minimum atomic E-state index is -0.538. The molecule has 0 aromatic carbocycles. The van der Waals surface area contributed by atoms with Crippen LogP contribution in [0.25, 0.3) is 22.9 Å². The summed E-state index contributed by atoms with van der Waals surface area (Å²) in [6.45, 7) is 4.07. The lowest BCUT2D eigenvalue weighted by Crippen LogP contribution is -2.41. The Kier molecular flexibility index (Phi) is 6.91. The molecule has 0 bridgehead atoms. The summed E-state index contributed by atoms with van der Waals surface area (Å²) in [5.41, 5.74) is 2.52. The number of ether oxygens (including phenoxy) is 2. The topological polar surface area (TPSA) is 108 Å². The van der Waals surface area contributed by atoms with Gasteiger partial charge in [0, 0.05) is 49.4 Å². The van der Waals surface area contributed by atoms with E-state index in [0.717, 1.165) is 94.7 Å². The second-order valence-electron chi connectivity index (χ2n) is 12.1. The van der Waals surface area contributed by atoms with E-state index in [9.17, 15) is 4.79 Å². The first-order valence-electron chi connectivity index (χ1n) is 15.0. The number of likely N-dealkylation sites (tertiary alicyclic amines) is 1. The van der Waals surface area contributed by atoms with Crippen LogP contribution in [0, 0.1) is 5.92 Å². The quantitative estimate of drug-likeness (QED) is 0.430. The van der Waals surface area contributed by atoms with Crippen LogP contribution in [-0.4, -0.2) is 75.0 Å². The van der Waals surface area contributed by atoms with E-state index in [1.807, 2.05) is 23.0 Å². The molecule has 3 fully saturated rings. The molecule has 1 spiro atoms. The molecule has 0 amide bonds. The molecule has 0 radical (unpaired) electrons. The van der Waals surface area contributed by atoms with Crippen LogP contribution >= 0.6 is 0 Å². The van der Waals surface area contributed by atoms with Crippen LogP contribution in [0.1, 0.15) is 69.1 Å². The lowest BCUT2D eigenvalue weighted by molar-refractivity contribution is -0.128. The Labute approximate surface area is 234 Å². The summed E-state index contributed by atoms with van der Waals surface area (Å²) in [7, 11) is 2.14. The highest BCUT2D eigenvalue weighted by molar-refractivity contribution is 5.91. The van der Waals surface area contributed by atoms with Crippen LogP contribution in [-0.2, 0) is 27.9 Å². The minimum Gasteiger partial charge on any atom is -0.476 e. The third kappa shape index (κ3) is 4.75. The number of hydrogen-bond donors (Lipinski definition) is 0. The van der Waals surface area contributed by atoms with Crippen molar-refractivity contribution in [1.82, 2.24) is 29.8 Å². The first-order chi connectivity index (χ1) is 19.6. The standard InChI is InChI=1S/C30H38N6O4/c1-35-13-5-6-21(35)19-39-26-16-24(23-9-14-36(33-23)17-20-10-15-38-18-20)31-29(32-26)27-22-7-4-12-30(28(22)40-34-27)11-3-2-8-25(30)37/h9,14,16,20-21H,2-8,10-13,15,17-19H2,1H3/t20-,21+,30-/m1/s1. The van der Waals surface area contributed by atoms with E-state index in [4.69, 9.17) is 29.1 Å². The summed E-state index contributed by atoms with van der Waals surface area (Å²) in [6, 6.07) is 4.24. The number of carbonyl (C=O) groups is 1. The molecule has 212 valence electrons. The van der Waals surface area contributed by atoms with Gasteiger partial charge in [-0.2, -0.15) is 10.1 Å². The predicted octanol–water partition coefficient (Wildman–Crippen LogP) is 4.22. The lowest BCUT2D eigenvalue weighted by atomic mass is 9.64. The van der Waals surface area contributed by atoms with Gasteiger partial charge in [-0.25, -0.2) is 4.98 Å². The molecule has 7 rings (SSSR count). The second-order valence-corrected chi connectivity index (χ2v) is 12.1. The SMILES string of the molecule is CN1CCC[C@H]1COc1cc(-c2ccn(C[C@H]3CCOC3)n2)nc(-c2noc3c2CCC[C@@]32CCCCC2=O)n1. The van der Waals surface area contributed by atoms with Crippen molar-refractivity contribution in [3.63, 3.8) is 0 Å². The van der Waals surface area contributed by atoms with Crippen molar-refractivity contribution < 1.29 is 18.8 Å². The van der Waals surface area contributed by atoms with Gasteiger partial charge in [-0.3, -0.25) is 9.48 Å². The number of aromatic nitrogens is 5. The van der Waals surface area contributed by atoms with E-state index in [1.54, 1.807) is 0 Å². The molecular formula is C30H38N6O4.